The lowest BCUT2D eigenvalue weighted by Gasteiger charge is -2.09. The van der Waals surface area contributed by atoms with Gasteiger partial charge in [0.05, 0.1) is 0 Å². The lowest BCUT2D eigenvalue weighted by Crippen LogP contribution is -2.28. The Morgan fingerprint density at radius 2 is 1.79 bits per heavy atom. The molecule has 1 heterocycles. The number of aromatic nitrogens is 1. The van der Waals surface area contributed by atoms with E-state index >= 15 is 0 Å². The van der Waals surface area contributed by atoms with Crippen molar-refractivity contribution in [2.24, 2.45) is 5.92 Å². The second-order valence-electron chi connectivity index (χ2n) is 5.84. The Balaban J connectivity index is 1.98. The number of amides is 2. The van der Waals surface area contributed by atoms with Gasteiger partial charge in [0.15, 0.2) is 0 Å². The van der Waals surface area contributed by atoms with E-state index in [4.69, 9.17) is 0 Å². The van der Waals surface area contributed by atoms with E-state index in [2.05, 4.69) is 15.6 Å². The SMILES string of the molecule is CC(C)CNC(=O)c1ccnc(C(=O)NCc2ccc(F)cc2)c1. The lowest BCUT2D eigenvalue weighted by atomic mass is 10.1. The van der Waals surface area contributed by atoms with Gasteiger partial charge in [-0.3, -0.25) is 14.6 Å². The van der Waals surface area contributed by atoms with E-state index in [9.17, 15) is 14.0 Å². The monoisotopic (exact) mass is 329 g/mol. The zero-order valence-electron chi connectivity index (χ0n) is 13.7. The molecule has 0 unspecified atom stereocenters. The van der Waals surface area contributed by atoms with E-state index in [1.54, 1.807) is 18.2 Å². The van der Waals surface area contributed by atoms with Crippen molar-refractivity contribution in [1.82, 2.24) is 15.6 Å². The molecule has 2 rings (SSSR count). The summed E-state index contributed by atoms with van der Waals surface area (Å²) < 4.78 is 12.8. The van der Waals surface area contributed by atoms with Crippen molar-refractivity contribution in [2.75, 3.05) is 6.54 Å². The zero-order valence-corrected chi connectivity index (χ0v) is 13.7. The van der Waals surface area contributed by atoms with Crippen molar-refractivity contribution in [2.45, 2.75) is 20.4 Å². The Kier molecular flexibility index (Phi) is 6.01. The topological polar surface area (TPSA) is 71.1 Å². The molecule has 6 heteroatoms. The van der Waals surface area contributed by atoms with Crippen LogP contribution >= 0.6 is 0 Å². The summed E-state index contributed by atoms with van der Waals surface area (Å²) in [4.78, 5) is 28.2. The maximum Gasteiger partial charge on any atom is 0.270 e. The Morgan fingerprint density at radius 3 is 2.46 bits per heavy atom. The molecule has 5 nitrogen and oxygen atoms in total. The third kappa shape index (κ3) is 5.15. The van der Waals surface area contributed by atoms with Crippen molar-refractivity contribution in [1.29, 1.82) is 0 Å². The molecule has 0 saturated heterocycles. The van der Waals surface area contributed by atoms with Gasteiger partial charge in [-0.2, -0.15) is 0 Å². The van der Waals surface area contributed by atoms with Crippen LogP contribution in [0.1, 0.15) is 40.3 Å². The van der Waals surface area contributed by atoms with Crippen LogP contribution in [0.4, 0.5) is 4.39 Å². The highest BCUT2D eigenvalue weighted by Gasteiger charge is 2.12. The smallest absolute Gasteiger partial charge is 0.270 e. The van der Waals surface area contributed by atoms with Crippen LogP contribution in [-0.2, 0) is 6.54 Å². The maximum atomic E-state index is 12.8. The van der Waals surface area contributed by atoms with Crippen molar-refractivity contribution in [3.05, 3.63) is 65.2 Å². The van der Waals surface area contributed by atoms with Crippen LogP contribution in [0.5, 0.6) is 0 Å². The third-order valence-electron chi connectivity index (χ3n) is 3.29. The summed E-state index contributed by atoms with van der Waals surface area (Å²) in [6, 6.07) is 8.87. The first-order valence-corrected chi connectivity index (χ1v) is 7.72. The molecular formula is C18H20FN3O2. The second-order valence-corrected chi connectivity index (χ2v) is 5.84. The fourth-order valence-corrected chi connectivity index (χ4v) is 1.97. The van der Waals surface area contributed by atoms with Crippen molar-refractivity contribution < 1.29 is 14.0 Å². The van der Waals surface area contributed by atoms with Crippen molar-refractivity contribution in [3.63, 3.8) is 0 Å². The maximum absolute atomic E-state index is 12.8. The van der Waals surface area contributed by atoms with Gasteiger partial charge >= 0.3 is 0 Å². The molecule has 126 valence electrons. The predicted molar refractivity (Wildman–Crippen MR) is 89.0 cm³/mol. The van der Waals surface area contributed by atoms with E-state index in [0.717, 1.165) is 5.56 Å². The molecular weight excluding hydrogens is 309 g/mol. The molecule has 0 aliphatic rings. The summed E-state index contributed by atoms with van der Waals surface area (Å²) in [5.41, 5.74) is 1.32. The summed E-state index contributed by atoms with van der Waals surface area (Å²) in [5.74, 6) is -0.613. The molecule has 1 aromatic carbocycles. The molecule has 0 aliphatic heterocycles. The number of carbonyl (C=O) groups excluding carboxylic acids is 2. The number of halogens is 1. The Hall–Kier alpha value is -2.76. The number of carbonyl (C=O) groups is 2. The van der Waals surface area contributed by atoms with Crippen LogP contribution in [0, 0.1) is 11.7 Å². The zero-order chi connectivity index (χ0) is 17.5. The Bertz CT molecular complexity index is 714. The number of nitrogens with one attached hydrogen (secondary N) is 2. The fourth-order valence-electron chi connectivity index (χ4n) is 1.97. The Morgan fingerprint density at radius 1 is 1.08 bits per heavy atom. The number of benzene rings is 1. The predicted octanol–water partition coefficient (Wildman–Crippen LogP) is 2.54. The number of nitrogens with zero attached hydrogens (tertiary/aromatic N) is 1. The molecule has 0 bridgehead atoms. The first kappa shape index (κ1) is 17.6. The summed E-state index contributed by atoms with van der Waals surface area (Å²) in [6.07, 6.45) is 1.43. The number of hydrogen-bond donors (Lipinski definition) is 2. The molecule has 2 N–H and O–H groups in total. The average Bonchev–Trinajstić information content (AvgIpc) is 2.59. The van der Waals surface area contributed by atoms with E-state index < -0.39 is 5.91 Å². The van der Waals surface area contributed by atoms with Crippen LogP contribution in [0.2, 0.25) is 0 Å². The average molecular weight is 329 g/mol. The molecule has 0 radical (unpaired) electrons. The summed E-state index contributed by atoms with van der Waals surface area (Å²) >= 11 is 0. The molecule has 0 saturated carbocycles. The largest absolute Gasteiger partial charge is 0.352 e. The minimum atomic E-state index is -0.391. The van der Waals surface area contributed by atoms with Gasteiger partial charge in [0.1, 0.15) is 11.5 Å². The normalized spacial score (nSPS) is 10.5. The molecule has 0 fully saturated rings. The quantitative estimate of drug-likeness (QED) is 0.855. The molecule has 2 aromatic rings. The van der Waals surface area contributed by atoms with Gasteiger partial charge in [-0.05, 0) is 35.7 Å². The van der Waals surface area contributed by atoms with Gasteiger partial charge in [-0.1, -0.05) is 26.0 Å². The van der Waals surface area contributed by atoms with Gasteiger partial charge < -0.3 is 10.6 Å². The standard InChI is InChI=1S/C18H20FN3O2/c1-12(2)10-21-17(23)14-7-8-20-16(9-14)18(24)22-11-13-3-5-15(19)6-4-13/h3-9,12H,10-11H2,1-2H3,(H,21,23)(H,22,24). The molecule has 0 spiro atoms. The fraction of sp³-hybridized carbons (Fsp3) is 0.278. The van der Waals surface area contributed by atoms with Crippen molar-refractivity contribution >= 4 is 11.8 Å². The van der Waals surface area contributed by atoms with E-state index in [0.29, 0.717) is 18.0 Å². The molecule has 24 heavy (non-hydrogen) atoms. The summed E-state index contributed by atoms with van der Waals surface area (Å²) in [6.45, 7) is 4.82. The number of hydrogen-bond acceptors (Lipinski definition) is 3. The van der Waals surface area contributed by atoms with Crippen LogP contribution in [0.3, 0.4) is 0 Å². The summed E-state index contributed by atoms with van der Waals surface area (Å²) in [5, 5.41) is 5.49. The second kappa shape index (κ2) is 8.19. The van der Waals surface area contributed by atoms with Gasteiger partial charge in [-0.25, -0.2) is 4.39 Å². The van der Waals surface area contributed by atoms with Gasteiger partial charge in [0.25, 0.3) is 11.8 Å². The third-order valence-corrected chi connectivity index (χ3v) is 3.29. The molecule has 1 aromatic heterocycles. The van der Waals surface area contributed by atoms with E-state index in [-0.39, 0.29) is 24.0 Å². The highest BCUT2D eigenvalue weighted by molar-refractivity contribution is 5.98. The number of pyridine rings is 1. The highest BCUT2D eigenvalue weighted by atomic mass is 19.1. The van der Waals surface area contributed by atoms with Crippen LogP contribution in [0.25, 0.3) is 0 Å². The van der Waals surface area contributed by atoms with Gasteiger partial charge in [0, 0.05) is 24.8 Å². The van der Waals surface area contributed by atoms with Crippen LogP contribution in [0.15, 0.2) is 42.6 Å². The van der Waals surface area contributed by atoms with Crippen LogP contribution < -0.4 is 10.6 Å². The molecule has 0 aliphatic carbocycles. The first-order valence-electron chi connectivity index (χ1n) is 7.72. The first-order chi connectivity index (χ1) is 11.5. The van der Waals surface area contributed by atoms with Crippen LogP contribution in [-0.4, -0.2) is 23.3 Å². The van der Waals surface area contributed by atoms with E-state index in [1.807, 2.05) is 13.8 Å². The minimum absolute atomic E-state index is 0.161. The minimum Gasteiger partial charge on any atom is -0.352 e. The molecule has 2 amide bonds. The van der Waals surface area contributed by atoms with Gasteiger partial charge in [0.2, 0.25) is 0 Å². The summed E-state index contributed by atoms with van der Waals surface area (Å²) in [7, 11) is 0. The lowest BCUT2D eigenvalue weighted by molar-refractivity contribution is 0.0946. The highest BCUT2D eigenvalue weighted by Crippen LogP contribution is 2.05. The van der Waals surface area contributed by atoms with E-state index in [1.165, 1.54) is 24.4 Å². The number of rotatable bonds is 6. The van der Waals surface area contributed by atoms with Gasteiger partial charge in [-0.15, -0.1) is 0 Å². The molecule has 0 atom stereocenters. The Labute approximate surface area is 140 Å². The van der Waals surface area contributed by atoms with Crippen molar-refractivity contribution in [3.8, 4) is 0 Å².